The fraction of sp³-hybridized carbons (Fsp3) is 0.385. The van der Waals surface area contributed by atoms with E-state index in [2.05, 4.69) is 10.1 Å². The van der Waals surface area contributed by atoms with Gasteiger partial charge in [0, 0.05) is 26.2 Å². The highest BCUT2D eigenvalue weighted by atomic mass is 16.6. The smallest absolute Gasteiger partial charge is 0.415 e. The number of amides is 1. The molecule has 1 aliphatic rings. The number of piperazine rings is 1. The van der Waals surface area contributed by atoms with Crippen molar-refractivity contribution < 1.29 is 19.1 Å². The van der Waals surface area contributed by atoms with Crippen LogP contribution in [-0.2, 0) is 4.74 Å². The van der Waals surface area contributed by atoms with Gasteiger partial charge < -0.3 is 14.4 Å². The van der Waals surface area contributed by atoms with Crippen molar-refractivity contribution in [3.63, 3.8) is 0 Å². The molecular formula is C13H15N2O4. The Bertz CT molecular complexity index is 452. The number of carbonyl (C=O) groups excluding carboxylic acids is 2. The Balaban J connectivity index is 1.95. The molecule has 1 saturated heterocycles. The van der Waals surface area contributed by atoms with Crippen LogP contribution < -0.4 is 10.1 Å². The van der Waals surface area contributed by atoms with Crippen LogP contribution in [0.15, 0.2) is 24.3 Å². The largest absolute Gasteiger partial charge is 0.465 e. The summed E-state index contributed by atoms with van der Waals surface area (Å²) < 4.78 is 9.80. The number of ether oxygens (including phenoxy) is 2. The average Bonchev–Trinajstić information content (AvgIpc) is 2.48. The number of nitrogens with zero attached hydrogens (tertiary/aromatic N) is 2. The number of hydrogen-bond acceptors (Lipinski definition) is 4. The molecular weight excluding hydrogens is 248 g/mol. The molecule has 6 heteroatoms. The molecule has 19 heavy (non-hydrogen) atoms. The fourth-order valence-electron chi connectivity index (χ4n) is 1.73. The third kappa shape index (κ3) is 3.45. The maximum atomic E-state index is 11.8. The van der Waals surface area contributed by atoms with E-state index in [1.165, 1.54) is 7.11 Å². The Kier molecular flexibility index (Phi) is 4.35. The van der Waals surface area contributed by atoms with E-state index in [9.17, 15) is 9.59 Å². The molecule has 6 nitrogen and oxygen atoms in total. The summed E-state index contributed by atoms with van der Waals surface area (Å²) in [6.45, 7) is 2.46. The lowest BCUT2D eigenvalue weighted by Gasteiger charge is -2.25. The molecule has 0 aliphatic carbocycles. The monoisotopic (exact) mass is 263 g/mol. The van der Waals surface area contributed by atoms with Crippen LogP contribution in [0.25, 0.3) is 0 Å². The molecule has 1 aromatic carbocycles. The predicted octanol–water partition coefficient (Wildman–Crippen LogP) is 0.892. The van der Waals surface area contributed by atoms with Crippen molar-refractivity contribution in [3.8, 4) is 5.75 Å². The van der Waals surface area contributed by atoms with Crippen LogP contribution in [0, 0.1) is 0 Å². The Morgan fingerprint density at radius 1 is 1.16 bits per heavy atom. The third-order valence-corrected chi connectivity index (χ3v) is 2.79. The molecule has 0 N–H and O–H groups in total. The van der Waals surface area contributed by atoms with Gasteiger partial charge >= 0.3 is 12.1 Å². The van der Waals surface area contributed by atoms with Gasteiger partial charge in [-0.1, -0.05) is 0 Å². The second kappa shape index (κ2) is 6.19. The van der Waals surface area contributed by atoms with Crippen molar-refractivity contribution in [2.24, 2.45) is 0 Å². The molecule has 1 aliphatic heterocycles. The molecule has 0 unspecified atom stereocenters. The van der Waals surface area contributed by atoms with Gasteiger partial charge in [-0.3, -0.25) is 0 Å². The summed E-state index contributed by atoms with van der Waals surface area (Å²) in [5.74, 6) is -0.0179. The highest BCUT2D eigenvalue weighted by Crippen LogP contribution is 2.14. The van der Waals surface area contributed by atoms with E-state index < -0.39 is 5.97 Å². The lowest BCUT2D eigenvalue weighted by atomic mass is 10.2. The summed E-state index contributed by atoms with van der Waals surface area (Å²) in [5.41, 5.74) is 0.416. The Morgan fingerprint density at radius 3 is 2.37 bits per heavy atom. The molecule has 2 rings (SSSR count). The molecule has 1 heterocycles. The molecule has 101 valence electrons. The van der Waals surface area contributed by atoms with Gasteiger partial charge in [0.25, 0.3) is 0 Å². The Hall–Kier alpha value is -2.08. The molecule has 0 atom stereocenters. The van der Waals surface area contributed by atoms with Gasteiger partial charge in [0.05, 0.1) is 12.7 Å². The minimum atomic E-state index is -0.421. The number of rotatable bonds is 2. The summed E-state index contributed by atoms with van der Waals surface area (Å²) >= 11 is 0. The first-order chi connectivity index (χ1) is 9.20. The van der Waals surface area contributed by atoms with Crippen molar-refractivity contribution in [2.45, 2.75) is 0 Å². The molecule has 0 aromatic heterocycles. The molecule has 1 amide bonds. The van der Waals surface area contributed by atoms with E-state index in [0.717, 1.165) is 0 Å². The van der Waals surface area contributed by atoms with E-state index in [1.807, 2.05) is 0 Å². The first kappa shape index (κ1) is 13.4. The van der Waals surface area contributed by atoms with Crippen molar-refractivity contribution in [1.29, 1.82) is 0 Å². The van der Waals surface area contributed by atoms with Crippen LogP contribution in [0.3, 0.4) is 0 Å². The summed E-state index contributed by atoms with van der Waals surface area (Å²) in [4.78, 5) is 24.7. The SMILES string of the molecule is COC(=O)c1ccc(OC(=O)N2CC[N]CC2)cc1. The fourth-order valence-corrected chi connectivity index (χ4v) is 1.73. The summed E-state index contributed by atoms with van der Waals surface area (Å²) in [5, 5.41) is 4.16. The molecule has 0 saturated carbocycles. The molecule has 1 fully saturated rings. The van der Waals surface area contributed by atoms with Gasteiger partial charge in [0.2, 0.25) is 0 Å². The quantitative estimate of drug-likeness (QED) is 0.743. The van der Waals surface area contributed by atoms with Crippen molar-refractivity contribution >= 4 is 12.1 Å². The second-order valence-corrected chi connectivity index (χ2v) is 4.04. The highest BCUT2D eigenvalue weighted by Gasteiger charge is 2.18. The lowest BCUT2D eigenvalue weighted by Crippen LogP contribution is -2.45. The van der Waals surface area contributed by atoms with Gasteiger partial charge in [0.15, 0.2) is 0 Å². The Morgan fingerprint density at radius 2 is 1.79 bits per heavy atom. The van der Waals surface area contributed by atoms with Crippen molar-refractivity contribution in [2.75, 3.05) is 33.3 Å². The molecule has 1 radical (unpaired) electrons. The second-order valence-electron chi connectivity index (χ2n) is 4.04. The Labute approximate surface area is 111 Å². The van der Waals surface area contributed by atoms with Gasteiger partial charge in [-0.25, -0.2) is 14.9 Å². The zero-order valence-electron chi connectivity index (χ0n) is 10.7. The molecule has 0 bridgehead atoms. The van der Waals surface area contributed by atoms with Gasteiger partial charge in [-0.05, 0) is 24.3 Å². The minimum Gasteiger partial charge on any atom is -0.465 e. The third-order valence-electron chi connectivity index (χ3n) is 2.79. The van der Waals surface area contributed by atoms with Crippen LogP contribution in [0.5, 0.6) is 5.75 Å². The lowest BCUT2D eigenvalue weighted by molar-refractivity contribution is 0.0600. The highest BCUT2D eigenvalue weighted by molar-refractivity contribution is 5.89. The van der Waals surface area contributed by atoms with Crippen LogP contribution in [0.1, 0.15) is 10.4 Å². The van der Waals surface area contributed by atoms with Crippen LogP contribution in [-0.4, -0.2) is 50.3 Å². The standard InChI is InChI=1S/C13H15N2O4/c1-18-12(16)10-2-4-11(5-3-10)19-13(17)15-8-6-14-7-9-15/h2-5H,6-9H2,1H3. The minimum absolute atomic E-state index is 0.388. The van der Waals surface area contributed by atoms with Gasteiger partial charge in [-0.2, -0.15) is 0 Å². The van der Waals surface area contributed by atoms with E-state index >= 15 is 0 Å². The van der Waals surface area contributed by atoms with Crippen molar-refractivity contribution in [1.82, 2.24) is 10.2 Å². The van der Waals surface area contributed by atoms with Gasteiger partial charge in [-0.15, -0.1) is 0 Å². The number of esters is 1. The van der Waals surface area contributed by atoms with E-state index in [0.29, 0.717) is 37.5 Å². The van der Waals surface area contributed by atoms with Crippen LogP contribution >= 0.6 is 0 Å². The number of methoxy groups -OCH3 is 1. The predicted molar refractivity (Wildman–Crippen MR) is 67.2 cm³/mol. The summed E-state index contributed by atoms with van der Waals surface area (Å²) in [6.07, 6.45) is -0.388. The normalized spacial score (nSPS) is 14.9. The van der Waals surface area contributed by atoms with Gasteiger partial charge in [0.1, 0.15) is 5.75 Å². The number of hydrogen-bond donors (Lipinski definition) is 0. The van der Waals surface area contributed by atoms with Crippen LogP contribution in [0.4, 0.5) is 4.79 Å². The van der Waals surface area contributed by atoms with Crippen LogP contribution in [0.2, 0.25) is 0 Å². The number of benzene rings is 1. The molecule has 0 spiro atoms. The topological polar surface area (TPSA) is 69.9 Å². The zero-order chi connectivity index (χ0) is 13.7. The van der Waals surface area contributed by atoms with E-state index in [1.54, 1.807) is 29.2 Å². The van der Waals surface area contributed by atoms with Crippen molar-refractivity contribution in [3.05, 3.63) is 29.8 Å². The maximum Gasteiger partial charge on any atom is 0.415 e. The first-order valence-corrected chi connectivity index (χ1v) is 5.99. The maximum absolute atomic E-state index is 11.8. The van der Waals surface area contributed by atoms with E-state index in [4.69, 9.17) is 4.74 Å². The summed E-state index contributed by atoms with van der Waals surface area (Å²) in [6, 6.07) is 6.25. The summed E-state index contributed by atoms with van der Waals surface area (Å²) in [7, 11) is 1.32. The number of carbonyl (C=O) groups is 2. The zero-order valence-corrected chi connectivity index (χ0v) is 10.7. The first-order valence-electron chi connectivity index (χ1n) is 5.99. The van der Waals surface area contributed by atoms with E-state index in [-0.39, 0.29) is 6.09 Å². The molecule has 1 aromatic rings. The average molecular weight is 263 g/mol.